The van der Waals surface area contributed by atoms with Crippen LogP contribution in [0.1, 0.15) is 18.5 Å². The van der Waals surface area contributed by atoms with Crippen LogP contribution in [0.5, 0.6) is 0 Å². The first-order valence-electron chi connectivity index (χ1n) is 10.1. The van der Waals surface area contributed by atoms with E-state index < -0.39 is 61.8 Å². The van der Waals surface area contributed by atoms with E-state index in [0.29, 0.717) is 0 Å². The molecule has 2 aromatic rings. The minimum absolute atomic E-state index is 0.105. The molecule has 1 aromatic heterocycles. The number of sulfonamides is 1. The van der Waals surface area contributed by atoms with Gasteiger partial charge in [0.05, 0.1) is 23.2 Å². The van der Waals surface area contributed by atoms with Gasteiger partial charge in [0.15, 0.2) is 0 Å². The summed E-state index contributed by atoms with van der Waals surface area (Å²) in [5, 5.41) is 9.05. The maximum Gasteiger partial charge on any atom is 0.493 e. The third-order valence-corrected chi connectivity index (χ3v) is 6.51. The van der Waals surface area contributed by atoms with Crippen molar-refractivity contribution in [2.45, 2.75) is 23.9 Å². The van der Waals surface area contributed by atoms with E-state index in [9.17, 15) is 36.0 Å². The van der Waals surface area contributed by atoms with Gasteiger partial charge in [-0.05, 0) is 37.3 Å². The molecule has 0 aliphatic rings. The van der Waals surface area contributed by atoms with Crippen molar-refractivity contribution in [3.63, 3.8) is 0 Å². The zero-order chi connectivity index (χ0) is 28.8. The average molecular weight is 603 g/mol. The van der Waals surface area contributed by atoms with Gasteiger partial charge in [-0.25, -0.2) is 18.7 Å². The molecule has 0 fully saturated rings. The molecule has 13 nitrogen and oxygen atoms in total. The van der Waals surface area contributed by atoms with Gasteiger partial charge in [0.1, 0.15) is 10.6 Å². The van der Waals surface area contributed by atoms with E-state index in [1.165, 1.54) is 13.0 Å². The number of nitrogens with one attached hydrogen (secondary N) is 4. The van der Waals surface area contributed by atoms with Crippen LogP contribution >= 0.6 is 23.2 Å². The number of pyridine rings is 1. The highest BCUT2D eigenvalue weighted by Crippen LogP contribution is 2.26. The summed E-state index contributed by atoms with van der Waals surface area (Å²) in [6.07, 6.45) is -5.53. The first-order valence-corrected chi connectivity index (χ1v) is 12.3. The van der Waals surface area contributed by atoms with Crippen molar-refractivity contribution in [3.8, 4) is 0 Å². The van der Waals surface area contributed by atoms with Crippen molar-refractivity contribution in [3.05, 3.63) is 56.4 Å². The Labute approximate surface area is 222 Å². The predicted molar refractivity (Wildman–Crippen MR) is 128 cm³/mol. The van der Waals surface area contributed by atoms with E-state index in [0.717, 1.165) is 24.3 Å². The Morgan fingerprint density at radius 1 is 1.21 bits per heavy atom. The Kier molecular flexibility index (Phi) is 9.96. The highest BCUT2D eigenvalue weighted by atomic mass is 35.5. The van der Waals surface area contributed by atoms with Crippen LogP contribution in [0.25, 0.3) is 0 Å². The first kappa shape index (κ1) is 30.7. The number of hydroxylamine groups is 1. The van der Waals surface area contributed by atoms with E-state index in [4.69, 9.17) is 39.2 Å². The van der Waals surface area contributed by atoms with Crippen LogP contribution in [-0.2, 0) is 24.4 Å². The van der Waals surface area contributed by atoms with Gasteiger partial charge in [-0.1, -0.05) is 23.2 Å². The average Bonchev–Trinajstić information content (AvgIpc) is 2.79. The number of nitrogens with zero attached hydrogens (tertiary/aromatic N) is 1. The van der Waals surface area contributed by atoms with Crippen LogP contribution in [0.2, 0.25) is 10.0 Å². The van der Waals surface area contributed by atoms with Crippen LogP contribution in [0.4, 0.5) is 18.9 Å². The molecular formula is C19H19Cl2F3N6O7S. The number of benzene rings is 1. The second-order valence-electron chi connectivity index (χ2n) is 7.21. The molecule has 208 valence electrons. The predicted octanol–water partition coefficient (Wildman–Crippen LogP) is 1.11. The van der Waals surface area contributed by atoms with E-state index in [1.807, 2.05) is 10.2 Å². The van der Waals surface area contributed by atoms with Crippen molar-refractivity contribution in [2.24, 2.45) is 5.73 Å². The third kappa shape index (κ3) is 7.98. The van der Waals surface area contributed by atoms with Gasteiger partial charge in [0.2, 0.25) is 11.9 Å². The van der Waals surface area contributed by atoms with Crippen molar-refractivity contribution in [1.29, 1.82) is 5.41 Å². The lowest BCUT2D eigenvalue weighted by molar-refractivity contribution is -0.200. The molecule has 0 saturated heterocycles. The van der Waals surface area contributed by atoms with Crippen LogP contribution in [0.15, 0.2) is 40.0 Å². The second-order valence-corrected chi connectivity index (χ2v) is 9.70. The topological polar surface area (TPSA) is 195 Å². The molecule has 6 N–H and O–H groups in total. The lowest BCUT2D eigenvalue weighted by Crippen LogP contribution is -2.42. The van der Waals surface area contributed by atoms with Crippen molar-refractivity contribution < 1.29 is 40.9 Å². The first-order chi connectivity index (χ1) is 17.5. The minimum Gasteiger partial charge on any atom is -0.368 e. The summed E-state index contributed by atoms with van der Waals surface area (Å²) in [5.74, 6) is -5.54. The molecule has 1 unspecified atom stereocenters. The van der Waals surface area contributed by atoms with Crippen molar-refractivity contribution in [2.75, 3.05) is 17.9 Å². The number of carbonyl (C=O) groups excluding carboxylic acids is 2. The number of hydrogen-bond acceptors (Lipinski definition) is 8. The maximum atomic E-state index is 12.9. The van der Waals surface area contributed by atoms with Gasteiger partial charge in [0.25, 0.3) is 10.0 Å². The number of anilines is 1. The molecule has 2 rings (SSSR count). The Bertz CT molecular complexity index is 1400. The number of guanidine groups is 1. The molecule has 0 saturated carbocycles. The molecule has 19 heteroatoms. The van der Waals surface area contributed by atoms with Crippen molar-refractivity contribution >= 4 is 56.7 Å². The maximum absolute atomic E-state index is 12.9. The summed E-state index contributed by atoms with van der Waals surface area (Å²) in [7, 11) is -4.57. The zero-order valence-corrected chi connectivity index (χ0v) is 21.4. The molecule has 0 spiro atoms. The van der Waals surface area contributed by atoms with Crippen LogP contribution in [0.3, 0.4) is 0 Å². The van der Waals surface area contributed by atoms with Crippen molar-refractivity contribution in [1.82, 2.24) is 15.5 Å². The fourth-order valence-electron chi connectivity index (χ4n) is 2.70. The Balaban J connectivity index is 2.42. The number of halogens is 5. The molecular weight excluding hydrogens is 584 g/mol. The molecule has 1 heterocycles. The summed E-state index contributed by atoms with van der Waals surface area (Å²) in [5.41, 5.74) is 4.12. The fourth-order valence-corrected chi connectivity index (χ4v) is 4.53. The van der Waals surface area contributed by atoms with Crippen LogP contribution in [0, 0.1) is 5.41 Å². The summed E-state index contributed by atoms with van der Waals surface area (Å²) in [6.45, 7) is 0.839. The Hall–Kier alpha value is -3.54. The lowest BCUT2D eigenvalue weighted by Gasteiger charge is -2.19. The zero-order valence-electron chi connectivity index (χ0n) is 19.1. The Morgan fingerprint density at radius 3 is 2.45 bits per heavy atom. The van der Waals surface area contributed by atoms with Crippen LogP contribution < -0.4 is 31.6 Å². The second kappa shape index (κ2) is 12.3. The molecule has 38 heavy (non-hydrogen) atoms. The van der Waals surface area contributed by atoms with E-state index in [1.54, 1.807) is 0 Å². The van der Waals surface area contributed by atoms with E-state index in [2.05, 4.69) is 10.2 Å². The van der Waals surface area contributed by atoms with Gasteiger partial charge >= 0.3 is 17.7 Å². The number of carbonyl (C=O) groups is 2. The molecule has 1 atom stereocenters. The number of amides is 1. The minimum atomic E-state index is -5.53. The molecule has 0 aliphatic heterocycles. The number of aromatic nitrogens is 1. The fraction of sp³-hybridized carbons (Fsp3) is 0.263. The highest BCUT2D eigenvalue weighted by molar-refractivity contribution is 7.92. The largest absolute Gasteiger partial charge is 0.493 e. The highest BCUT2D eigenvalue weighted by Gasteiger charge is 2.43. The van der Waals surface area contributed by atoms with Gasteiger partial charge in [-0.2, -0.15) is 13.2 Å². The molecule has 0 radical (unpaired) electrons. The van der Waals surface area contributed by atoms with Gasteiger partial charge in [-0.3, -0.25) is 24.6 Å². The number of rotatable bonds is 10. The quantitative estimate of drug-likeness (QED) is 0.114. The SMILES string of the molecule is CC(C(=O)NCCONC(=N)N)c1ccc(NS(=O)(=O)c2ccc(Cl)cc2Cl)c(=O)n1OC(=O)C(F)(F)F. The van der Waals surface area contributed by atoms with Gasteiger partial charge in [-0.15, -0.1) is 4.73 Å². The number of nitrogens with two attached hydrogens (primary N) is 1. The summed E-state index contributed by atoms with van der Waals surface area (Å²) >= 11 is 11.6. The summed E-state index contributed by atoms with van der Waals surface area (Å²) in [6, 6.07) is 5.08. The smallest absolute Gasteiger partial charge is 0.368 e. The molecule has 0 bridgehead atoms. The van der Waals surface area contributed by atoms with E-state index in [-0.39, 0.29) is 27.9 Å². The Morgan fingerprint density at radius 2 is 1.87 bits per heavy atom. The summed E-state index contributed by atoms with van der Waals surface area (Å²) in [4.78, 5) is 45.3. The summed E-state index contributed by atoms with van der Waals surface area (Å²) < 4.78 is 65.8. The third-order valence-electron chi connectivity index (χ3n) is 4.43. The van der Waals surface area contributed by atoms with Gasteiger partial charge < -0.3 is 15.9 Å². The number of hydrogen-bond donors (Lipinski definition) is 5. The molecule has 1 aromatic carbocycles. The normalized spacial score (nSPS) is 12.4. The van der Waals surface area contributed by atoms with Gasteiger partial charge in [0, 0.05) is 11.6 Å². The molecule has 0 aliphatic carbocycles. The standard InChI is InChI=1S/C19H19Cl2F3N6O7S/c1-9(15(31)27-6-7-36-28-18(25)26)13-4-3-12(16(32)30(13)37-17(33)19(22,23)24)29-38(34,35)14-5-2-10(20)8-11(14)21/h2-5,8-9,29H,6-7H2,1H3,(H,27,31)(H4,25,26,28). The lowest BCUT2D eigenvalue weighted by atomic mass is 10.1. The number of alkyl halides is 3. The van der Waals surface area contributed by atoms with E-state index >= 15 is 0 Å². The molecule has 1 amide bonds. The van der Waals surface area contributed by atoms with Crippen LogP contribution in [-0.4, -0.2) is 50.3 Å². The monoisotopic (exact) mass is 602 g/mol.